The van der Waals surface area contributed by atoms with Crippen LogP contribution in [0.2, 0.25) is 0 Å². The van der Waals surface area contributed by atoms with Crippen molar-refractivity contribution in [1.29, 1.82) is 0 Å². The monoisotopic (exact) mass is 306 g/mol. The van der Waals surface area contributed by atoms with E-state index in [9.17, 15) is 9.00 Å². The van der Waals surface area contributed by atoms with Gasteiger partial charge in [0.2, 0.25) is 5.91 Å². The molecule has 2 rings (SSSR count). The molecular formula is C15H18N2O3S. The molecule has 5 nitrogen and oxygen atoms in total. The smallest absolute Gasteiger partial charge is 0.239 e. The van der Waals surface area contributed by atoms with Crippen molar-refractivity contribution in [3.8, 4) is 0 Å². The molecule has 0 saturated carbocycles. The largest absolute Gasteiger partial charge is 0.361 e. The van der Waals surface area contributed by atoms with Crippen molar-refractivity contribution in [2.45, 2.75) is 31.8 Å². The molecule has 2 atom stereocenters. The maximum atomic E-state index is 12.3. The van der Waals surface area contributed by atoms with Gasteiger partial charge in [0.25, 0.3) is 0 Å². The zero-order valence-electron chi connectivity index (χ0n) is 12.3. The molecular weight excluding hydrogens is 288 g/mol. The highest BCUT2D eigenvalue weighted by molar-refractivity contribution is 7.85. The van der Waals surface area contributed by atoms with Crippen LogP contribution in [0.25, 0.3) is 0 Å². The summed E-state index contributed by atoms with van der Waals surface area (Å²) in [5, 5.41) is 5.98. The molecule has 2 aromatic rings. The second-order valence-corrected chi connectivity index (χ2v) is 6.58. The van der Waals surface area contributed by atoms with Gasteiger partial charge in [-0.3, -0.25) is 9.00 Å². The molecule has 6 heteroatoms. The molecule has 0 fully saturated rings. The van der Waals surface area contributed by atoms with Gasteiger partial charge in [-0.05, 0) is 32.9 Å². The van der Waals surface area contributed by atoms with Crippen LogP contribution in [0, 0.1) is 13.8 Å². The van der Waals surface area contributed by atoms with Crippen molar-refractivity contribution in [3.63, 3.8) is 0 Å². The van der Waals surface area contributed by atoms with Crippen molar-refractivity contribution in [3.05, 3.63) is 47.3 Å². The minimum atomic E-state index is -1.33. The number of carbonyl (C=O) groups excluding carboxylic acids is 1. The Hall–Kier alpha value is -1.95. The zero-order chi connectivity index (χ0) is 15.4. The quantitative estimate of drug-likeness (QED) is 0.921. The van der Waals surface area contributed by atoms with Gasteiger partial charge in [0.15, 0.2) is 0 Å². The van der Waals surface area contributed by atoms with Crippen molar-refractivity contribution >= 4 is 22.4 Å². The molecule has 0 aliphatic rings. The second-order valence-electron chi connectivity index (χ2n) is 4.83. The number of para-hydroxylation sites is 1. The van der Waals surface area contributed by atoms with Gasteiger partial charge in [-0.2, -0.15) is 0 Å². The Morgan fingerprint density at radius 2 is 2.00 bits per heavy atom. The first kappa shape index (κ1) is 15.4. The van der Waals surface area contributed by atoms with Gasteiger partial charge in [-0.15, -0.1) is 0 Å². The average molecular weight is 306 g/mol. The van der Waals surface area contributed by atoms with E-state index < -0.39 is 16.0 Å². The number of amides is 1. The molecule has 0 bridgehead atoms. The molecule has 1 N–H and O–H groups in total. The van der Waals surface area contributed by atoms with Gasteiger partial charge < -0.3 is 9.84 Å². The molecule has 0 aliphatic heterocycles. The summed E-state index contributed by atoms with van der Waals surface area (Å²) in [5.41, 5.74) is 2.23. The lowest BCUT2D eigenvalue weighted by atomic mass is 10.2. The first-order valence-electron chi connectivity index (χ1n) is 6.64. The molecule has 0 aliphatic carbocycles. The Balaban J connectivity index is 2.01. The number of anilines is 1. The van der Waals surface area contributed by atoms with Crippen LogP contribution in [0.15, 0.2) is 34.9 Å². The van der Waals surface area contributed by atoms with Crippen LogP contribution in [-0.4, -0.2) is 20.5 Å². The number of aryl methyl sites for hydroxylation is 2. The highest BCUT2D eigenvalue weighted by Gasteiger charge is 2.22. The van der Waals surface area contributed by atoms with E-state index in [1.54, 1.807) is 32.9 Å². The number of hydrogen-bond donors (Lipinski definition) is 1. The summed E-state index contributed by atoms with van der Waals surface area (Å²) in [7, 11) is -1.33. The minimum Gasteiger partial charge on any atom is -0.361 e. The summed E-state index contributed by atoms with van der Waals surface area (Å²) in [4.78, 5) is 12.1. The normalized spacial score (nSPS) is 13.7. The van der Waals surface area contributed by atoms with Crippen molar-refractivity contribution < 1.29 is 13.5 Å². The van der Waals surface area contributed by atoms with Crippen LogP contribution in [0.3, 0.4) is 0 Å². The highest BCUT2D eigenvalue weighted by Crippen LogP contribution is 2.17. The van der Waals surface area contributed by atoms with E-state index in [0.29, 0.717) is 11.4 Å². The summed E-state index contributed by atoms with van der Waals surface area (Å²) in [6, 6.07) is 9.13. The third-order valence-corrected chi connectivity index (χ3v) is 4.85. The molecule has 21 heavy (non-hydrogen) atoms. The zero-order valence-corrected chi connectivity index (χ0v) is 13.1. The highest BCUT2D eigenvalue weighted by atomic mass is 32.2. The van der Waals surface area contributed by atoms with Gasteiger partial charge in [0.05, 0.1) is 11.4 Å². The van der Waals surface area contributed by atoms with Gasteiger partial charge in [0.1, 0.15) is 11.0 Å². The summed E-state index contributed by atoms with van der Waals surface area (Å²) < 4.78 is 17.4. The fourth-order valence-electron chi connectivity index (χ4n) is 1.86. The van der Waals surface area contributed by atoms with Gasteiger partial charge in [-0.1, -0.05) is 23.4 Å². The topological polar surface area (TPSA) is 72.2 Å². The molecule has 1 aromatic heterocycles. The maximum Gasteiger partial charge on any atom is 0.239 e. The van der Waals surface area contributed by atoms with Gasteiger partial charge >= 0.3 is 0 Å². The van der Waals surface area contributed by atoms with E-state index in [1.165, 1.54) is 0 Å². The lowest BCUT2D eigenvalue weighted by Crippen LogP contribution is -2.29. The standard InChI is InChI=1S/C15H18N2O3S/c1-10-14(11(2)20-17-10)9-21(19)12(3)15(18)16-13-7-5-4-6-8-13/h4-8,12H,9H2,1-3H3,(H,16,18)/t12-,21-/m0/s1. The summed E-state index contributed by atoms with van der Waals surface area (Å²) in [6.07, 6.45) is 0. The summed E-state index contributed by atoms with van der Waals surface area (Å²) >= 11 is 0. The second kappa shape index (κ2) is 6.67. The van der Waals surface area contributed by atoms with E-state index in [0.717, 1.165) is 11.3 Å². The molecule has 1 heterocycles. The van der Waals surface area contributed by atoms with E-state index in [2.05, 4.69) is 10.5 Å². The van der Waals surface area contributed by atoms with Crippen LogP contribution in [0.4, 0.5) is 5.69 Å². The van der Waals surface area contributed by atoms with E-state index >= 15 is 0 Å². The lowest BCUT2D eigenvalue weighted by Gasteiger charge is -2.12. The molecule has 1 aromatic carbocycles. The van der Waals surface area contributed by atoms with Crippen LogP contribution in [-0.2, 0) is 21.3 Å². The van der Waals surface area contributed by atoms with E-state index in [4.69, 9.17) is 4.52 Å². The predicted molar refractivity (Wildman–Crippen MR) is 82.4 cm³/mol. The Labute approximate surface area is 126 Å². The Morgan fingerprint density at radius 3 is 2.57 bits per heavy atom. The van der Waals surface area contributed by atoms with E-state index in [-0.39, 0.29) is 11.7 Å². The van der Waals surface area contributed by atoms with Crippen LogP contribution >= 0.6 is 0 Å². The number of hydrogen-bond acceptors (Lipinski definition) is 4. The molecule has 1 amide bonds. The summed E-state index contributed by atoms with van der Waals surface area (Å²) in [5.74, 6) is 0.660. The number of nitrogens with one attached hydrogen (secondary N) is 1. The summed E-state index contributed by atoms with van der Waals surface area (Å²) in [6.45, 7) is 5.24. The average Bonchev–Trinajstić information content (AvgIpc) is 2.79. The van der Waals surface area contributed by atoms with Gasteiger partial charge in [-0.25, -0.2) is 0 Å². The molecule has 0 radical (unpaired) electrons. The first-order valence-corrected chi connectivity index (χ1v) is 8.02. The van der Waals surface area contributed by atoms with Crippen molar-refractivity contribution in [2.75, 3.05) is 5.32 Å². The van der Waals surface area contributed by atoms with Crippen molar-refractivity contribution in [2.24, 2.45) is 0 Å². The van der Waals surface area contributed by atoms with Crippen LogP contribution in [0.1, 0.15) is 23.9 Å². The SMILES string of the molecule is Cc1noc(C)c1C[S@](=O)[C@@H](C)C(=O)Nc1ccccc1. The Morgan fingerprint density at radius 1 is 1.33 bits per heavy atom. The fourth-order valence-corrected chi connectivity index (χ4v) is 3.10. The minimum absolute atomic E-state index is 0.258. The number of carbonyl (C=O) groups is 1. The van der Waals surface area contributed by atoms with Crippen LogP contribution < -0.4 is 5.32 Å². The van der Waals surface area contributed by atoms with Gasteiger partial charge in [0, 0.05) is 22.1 Å². The fraction of sp³-hybridized carbons (Fsp3) is 0.333. The molecule has 112 valence electrons. The molecule has 0 unspecified atom stereocenters. The predicted octanol–water partition coefficient (Wildman–Crippen LogP) is 2.57. The Bertz CT molecular complexity index is 633. The Kier molecular flexibility index (Phi) is 4.90. The molecule has 0 spiro atoms. The third kappa shape index (κ3) is 3.78. The maximum absolute atomic E-state index is 12.3. The number of nitrogens with zero attached hydrogens (tertiary/aromatic N) is 1. The van der Waals surface area contributed by atoms with Crippen molar-refractivity contribution in [1.82, 2.24) is 5.16 Å². The van der Waals surface area contributed by atoms with E-state index in [1.807, 2.05) is 18.2 Å². The first-order chi connectivity index (χ1) is 9.99. The third-order valence-electron chi connectivity index (χ3n) is 3.27. The number of aromatic nitrogens is 1. The van der Waals surface area contributed by atoms with Crippen LogP contribution in [0.5, 0.6) is 0 Å². The number of benzene rings is 1. The number of rotatable bonds is 5. The lowest BCUT2D eigenvalue weighted by molar-refractivity contribution is -0.115. The molecule has 0 saturated heterocycles.